The molecule has 0 heterocycles. The molecular weight excluding hydrogens is 254 g/mol. The summed E-state index contributed by atoms with van der Waals surface area (Å²) in [5.74, 6) is -0.538. The van der Waals surface area contributed by atoms with Crippen LogP contribution in [0.5, 0.6) is 0 Å². The highest BCUT2D eigenvalue weighted by Gasteiger charge is 2.09. The minimum Gasteiger partial charge on any atom is -0.398 e. The first kappa shape index (κ1) is 16.2. The number of rotatable bonds is 5. The number of nitrogens with one attached hydrogen (secondary N) is 2. The summed E-state index contributed by atoms with van der Waals surface area (Å²) >= 11 is 0. The number of hydrogen-bond donors (Lipinski definition) is 3. The zero-order chi connectivity index (χ0) is 12.7. The highest BCUT2D eigenvalue weighted by atomic mass is 35.5. The summed E-state index contributed by atoms with van der Waals surface area (Å²) in [7, 11) is 0. The van der Waals surface area contributed by atoms with E-state index in [0.29, 0.717) is 17.8 Å². The Balaban J connectivity index is 0.00000289. The van der Waals surface area contributed by atoms with Crippen molar-refractivity contribution in [2.24, 2.45) is 0 Å². The third-order valence-corrected chi connectivity index (χ3v) is 2.19. The minimum absolute atomic E-state index is 0. The van der Waals surface area contributed by atoms with Gasteiger partial charge in [0.25, 0.3) is 5.91 Å². The van der Waals surface area contributed by atoms with Crippen LogP contribution in [0.25, 0.3) is 0 Å². The van der Waals surface area contributed by atoms with Gasteiger partial charge in [-0.25, -0.2) is 0 Å². The maximum absolute atomic E-state index is 11.7. The van der Waals surface area contributed by atoms with Crippen LogP contribution >= 0.6 is 12.4 Å². The molecule has 0 saturated carbocycles. The fourth-order valence-corrected chi connectivity index (χ4v) is 1.29. The average Bonchev–Trinajstić information content (AvgIpc) is 2.34. The third kappa shape index (κ3) is 5.05. The second kappa shape index (κ2) is 8.36. The van der Waals surface area contributed by atoms with Crippen LogP contribution in [-0.4, -0.2) is 24.9 Å². The predicted molar refractivity (Wildman–Crippen MR) is 73.7 cm³/mol. The van der Waals surface area contributed by atoms with E-state index in [1.165, 1.54) is 0 Å². The number of halogens is 1. The monoisotopic (exact) mass is 271 g/mol. The molecule has 1 rings (SSSR count). The van der Waals surface area contributed by atoms with E-state index in [-0.39, 0.29) is 30.8 Å². The fraction of sp³-hybridized carbons (Fsp3) is 0.333. The maximum atomic E-state index is 11.7. The number of nitrogens with two attached hydrogens (primary N) is 1. The molecule has 0 aliphatic rings. The van der Waals surface area contributed by atoms with Crippen molar-refractivity contribution < 1.29 is 9.59 Å². The molecule has 1 aromatic rings. The minimum atomic E-state index is -0.338. The van der Waals surface area contributed by atoms with E-state index in [9.17, 15) is 9.59 Å². The molecule has 6 heteroatoms. The third-order valence-electron chi connectivity index (χ3n) is 2.19. The van der Waals surface area contributed by atoms with Gasteiger partial charge in [0.2, 0.25) is 5.91 Å². The lowest BCUT2D eigenvalue weighted by molar-refractivity contribution is -0.120. The van der Waals surface area contributed by atoms with E-state index in [1.54, 1.807) is 24.3 Å². The number of benzene rings is 1. The second-order valence-corrected chi connectivity index (χ2v) is 3.62. The molecule has 5 nitrogen and oxygen atoms in total. The zero-order valence-electron chi connectivity index (χ0n) is 10.2. The predicted octanol–water partition coefficient (Wildman–Crippen LogP) is 0.947. The molecule has 0 unspecified atom stereocenters. The van der Waals surface area contributed by atoms with E-state index in [2.05, 4.69) is 10.6 Å². The molecule has 1 aromatic carbocycles. The van der Waals surface area contributed by atoms with Crippen molar-refractivity contribution in [1.29, 1.82) is 0 Å². The van der Waals surface area contributed by atoms with E-state index >= 15 is 0 Å². The molecule has 2 amide bonds. The van der Waals surface area contributed by atoms with Gasteiger partial charge in [-0.05, 0) is 18.6 Å². The number of carbonyl (C=O) groups excluding carboxylic acids is 2. The number of anilines is 1. The van der Waals surface area contributed by atoms with E-state index in [4.69, 9.17) is 5.73 Å². The van der Waals surface area contributed by atoms with Crippen LogP contribution in [0.3, 0.4) is 0 Å². The van der Waals surface area contributed by atoms with Gasteiger partial charge < -0.3 is 16.4 Å². The van der Waals surface area contributed by atoms with Crippen LogP contribution in [0.2, 0.25) is 0 Å². The van der Waals surface area contributed by atoms with Gasteiger partial charge in [0, 0.05) is 12.2 Å². The first-order chi connectivity index (χ1) is 8.15. The fourth-order valence-electron chi connectivity index (χ4n) is 1.29. The zero-order valence-corrected chi connectivity index (χ0v) is 11.0. The van der Waals surface area contributed by atoms with Crippen LogP contribution in [0.1, 0.15) is 23.7 Å². The van der Waals surface area contributed by atoms with Crippen LogP contribution in [0.15, 0.2) is 24.3 Å². The van der Waals surface area contributed by atoms with E-state index < -0.39 is 0 Å². The molecule has 0 bridgehead atoms. The number of para-hydroxylation sites is 1. The molecule has 100 valence electrons. The standard InChI is InChI=1S/C12H17N3O2.ClH/c1-2-7-14-11(16)8-15-12(17)9-5-3-4-6-10(9)13;/h3-6H,2,7-8,13H2,1H3,(H,14,16)(H,15,17);1H. The van der Waals surface area contributed by atoms with Crippen LogP contribution in [0.4, 0.5) is 5.69 Å². The average molecular weight is 272 g/mol. The van der Waals surface area contributed by atoms with Crippen LogP contribution in [0, 0.1) is 0 Å². The number of carbonyl (C=O) groups is 2. The van der Waals surface area contributed by atoms with Crippen molar-refractivity contribution in [1.82, 2.24) is 10.6 Å². The molecule has 0 fully saturated rings. The molecule has 0 aliphatic heterocycles. The Morgan fingerprint density at radius 1 is 1.22 bits per heavy atom. The van der Waals surface area contributed by atoms with E-state index in [0.717, 1.165) is 6.42 Å². The maximum Gasteiger partial charge on any atom is 0.253 e. The Kier molecular flexibility index (Phi) is 7.54. The Labute approximate surface area is 113 Å². The lowest BCUT2D eigenvalue weighted by Gasteiger charge is -2.07. The summed E-state index contributed by atoms with van der Waals surface area (Å²) in [6.07, 6.45) is 0.866. The van der Waals surface area contributed by atoms with Crippen LogP contribution in [-0.2, 0) is 4.79 Å². The summed E-state index contributed by atoms with van der Waals surface area (Å²) in [6.45, 7) is 2.54. The lowest BCUT2D eigenvalue weighted by atomic mass is 10.1. The van der Waals surface area contributed by atoms with Crippen molar-refractivity contribution in [2.75, 3.05) is 18.8 Å². The lowest BCUT2D eigenvalue weighted by Crippen LogP contribution is -2.37. The first-order valence-corrected chi connectivity index (χ1v) is 5.54. The summed E-state index contributed by atoms with van der Waals surface area (Å²) in [4.78, 5) is 22.9. The second-order valence-electron chi connectivity index (χ2n) is 3.62. The van der Waals surface area contributed by atoms with Crippen molar-refractivity contribution in [3.05, 3.63) is 29.8 Å². The molecule has 0 aromatic heterocycles. The van der Waals surface area contributed by atoms with Gasteiger partial charge in [0.1, 0.15) is 0 Å². The molecule has 0 spiro atoms. The highest BCUT2D eigenvalue weighted by Crippen LogP contribution is 2.09. The van der Waals surface area contributed by atoms with Gasteiger partial charge in [0.05, 0.1) is 12.1 Å². The molecule has 0 atom stereocenters. The van der Waals surface area contributed by atoms with Gasteiger partial charge in [0.15, 0.2) is 0 Å². The normalized spacial score (nSPS) is 9.17. The summed E-state index contributed by atoms with van der Waals surface area (Å²) < 4.78 is 0. The topological polar surface area (TPSA) is 84.2 Å². The Bertz CT molecular complexity index is 410. The Morgan fingerprint density at radius 2 is 1.89 bits per heavy atom. The van der Waals surface area contributed by atoms with E-state index in [1.807, 2.05) is 6.92 Å². The number of nitrogen functional groups attached to an aromatic ring is 1. The van der Waals surface area contributed by atoms with Crippen molar-refractivity contribution >= 4 is 29.9 Å². The van der Waals surface area contributed by atoms with Gasteiger partial charge in [-0.3, -0.25) is 9.59 Å². The summed E-state index contributed by atoms with van der Waals surface area (Å²) in [5, 5.41) is 5.19. The van der Waals surface area contributed by atoms with Crippen molar-refractivity contribution in [3.8, 4) is 0 Å². The SMILES string of the molecule is CCCNC(=O)CNC(=O)c1ccccc1N.Cl. The smallest absolute Gasteiger partial charge is 0.253 e. The molecule has 0 aliphatic carbocycles. The Hall–Kier alpha value is -1.75. The largest absolute Gasteiger partial charge is 0.398 e. The van der Waals surface area contributed by atoms with Gasteiger partial charge >= 0.3 is 0 Å². The van der Waals surface area contributed by atoms with Crippen LogP contribution < -0.4 is 16.4 Å². The molecule has 18 heavy (non-hydrogen) atoms. The van der Waals surface area contributed by atoms with Gasteiger partial charge in [-0.15, -0.1) is 12.4 Å². The quantitative estimate of drug-likeness (QED) is 0.697. The van der Waals surface area contributed by atoms with Crippen molar-refractivity contribution in [2.45, 2.75) is 13.3 Å². The molecule has 0 saturated heterocycles. The Morgan fingerprint density at radius 3 is 2.50 bits per heavy atom. The summed E-state index contributed by atoms with van der Waals surface area (Å²) in [5.41, 5.74) is 6.43. The summed E-state index contributed by atoms with van der Waals surface area (Å²) in [6, 6.07) is 6.74. The number of hydrogen-bond acceptors (Lipinski definition) is 3. The number of amides is 2. The van der Waals surface area contributed by atoms with Gasteiger partial charge in [-0.1, -0.05) is 19.1 Å². The van der Waals surface area contributed by atoms with Gasteiger partial charge in [-0.2, -0.15) is 0 Å². The molecule has 4 N–H and O–H groups in total. The first-order valence-electron chi connectivity index (χ1n) is 5.54. The molecular formula is C12H18ClN3O2. The highest BCUT2D eigenvalue weighted by molar-refractivity contribution is 6.00. The molecule has 0 radical (unpaired) electrons. The van der Waals surface area contributed by atoms with Crippen molar-refractivity contribution in [3.63, 3.8) is 0 Å².